The highest BCUT2D eigenvalue weighted by atomic mass is 35.5. The normalized spacial score (nSPS) is 10.2. The first-order chi connectivity index (χ1) is 10.9. The SMILES string of the molecule is Cc1cccc(OCC(=O)Nc2cc(Cl)c([N+](=O)[O-])cc2Cl)c1. The first-order valence-corrected chi connectivity index (χ1v) is 7.25. The van der Waals surface area contributed by atoms with Crippen LogP contribution in [-0.2, 0) is 4.79 Å². The molecule has 23 heavy (non-hydrogen) atoms. The molecule has 0 aliphatic rings. The lowest BCUT2D eigenvalue weighted by Gasteiger charge is -2.09. The number of hydrogen-bond acceptors (Lipinski definition) is 4. The summed E-state index contributed by atoms with van der Waals surface area (Å²) in [6.07, 6.45) is 0. The van der Waals surface area contributed by atoms with Crippen LogP contribution in [0.1, 0.15) is 5.56 Å². The maximum atomic E-state index is 11.9. The van der Waals surface area contributed by atoms with Crippen LogP contribution in [0.3, 0.4) is 0 Å². The number of hydrogen-bond donors (Lipinski definition) is 1. The summed E-state index contributed by atoms with van der Waals surface area (Å²) in [7, 11) is 0. The third-order valence-electron chi connectivity index (χ3n) is 2.87. The fourth-order valence-electron chi connectivity index (χ4n) is 1.81. The lowest BCUT2D eigenvalue weighted by molar-refractivity contribution is -0.384. The highest BCUT2D eigenvalue weighted by Gasteiger charge is 2.17. The molecule has 0 atom stereocenters. The van der Waals surface area contributed by atoms with Gasteiger partial charge in [-0.3, -0.25) is 14.9 Å². The molecule has 0 saturated carbocycles. The second kappa shape index (κ2) is 7.30. The molecule has 0 aromatic heterocycles. The molecule has 6 nitrogen and oxygen atoms in total. The minimum atomic E-state index is -0.652. The van der Waals surface area contributed by atoms with Gasteiger partial charge in [-0.1, -0.05) is 35.3 Å². The molecule has 0 unspecified atom stereocenters. The summed E-state index contributed by atoms with van der Waals surface area (Å²) >= 11 is 11.7. The average Bonchev–Trinajstić information content (AvgIpc) is 2.48. The molecule has 1 amide bonds. The fraction of sp³-hybridized carbons (Fsp3) is 0.133. The summed E-state index contributed by atoms with van der Waals surface area (Å²) < 4.78 is 5.36. The Bertz CT molecular complexity index is 765. The van der Waals surface area contributed by atoms with E-state index in [0.717, 1.165) is 11.6 Å². The van der Waals surface area contributed by atoms with Crippen molar-refractivity contribution in [3.63, 3.8) is 0 Å². The minimum absolute atomic E-state index is 0.0185. The van der Waals surface area contributed by atoms with Gasteiger partial charge in [-0.25, -0.2) is 0 Å². The van der Waals surface area contributed by atoms with Crippen LogP contribution >= 0.6 is 23.2 Å². The molecule has 2 rings (SSSR count). The molecule has 0 aliphatic carbocycles. The van der Waals surface area contributed by atoms with E-state index in [1.165, 1.54) is 6.07 Å². The van der Waals surface area contributed by atoms with E-state index in [1.807, 2.05) is 19.1 Å². The van der Waals surface area contributed by atoms with Crippen LogP contribution in [0.4, 0.5) is 11.4 Å². The Morgan fingerprint density at radius 1 is 1.26 bits per heavy atom. The molecule has 0 fully saturated rings. The largest absolute Gasteiger partial charge is 0.484 e. The van der Waals surface area contributed by atoms with Crippen molar-refractivity contribution >= 4 is 40.5 Å². The summed E-state index contributed by atoms with van der Waals surface area (Å²) in [5.41, 5.74) is 0.860. The van der Waals surface area contributed by atoms with Crippen LogP contribution < -0.4 is 10.1 Å². The first kappa shape index (κ1) is 17.1. The molecule has 0 heterocycles. The van der Waals surface area contributed by atoms with E-state index in [1.54, 1.807) is 12.1 Å². The van der Waals surface area contributed by atoms with Gasteiger partial charge in [0.1, 0.15) is 10.8 Å². The van der Waals surface area contributed by atoms with Crippen molar-refractivity contribution < 1.29 is 14.5 Å². The number of benzene rings is 2. The van der Waals surface area contributed by atoms with Crippen molar-refractivity contribution in [2.75, 3.05) is 11.9 Å². The highest BCUT2D eigenvalue weighted by Crippen LogP contribution is 2.33. The Morgan fingerprint density at radius 3 is 2.65 bits per heavy atom. The van der Waals surface area contributed by atoms with Crippen molar-refractivity contribution in [3.05, 3.63) is 62.1 Å². The molecule has 0 bridgehead atoms. The summed E-state index contributed by atoms with van der Waals surface area (Å²) in [6, 6.07) is 9.56. The van der Waals surface area contributed by atoms with Gasteiger partial charge < -0.3 is 10.1 Å². The Morgan fingerprint density at radius 2 is 2.00 bits per heavy atom. The van der Waals surface area contributed by atoms with Gasteiger partial charge in [0.05, 0.1) is 15.6 Å². The maximum Gasteiger partial charge on any atom is 0.289 e. The molecule has 0 radical (unpaired) electrons. The molecule has 2 aromatic rings. The van der Waals surface area contributed by atoms with Gasteiger partial charge >= 0.3 is 0 Å². The van der Waals surface area contributed by atoms with E-state index in [0.29, 0.717) is 5.75 Å². The van der Waals surface area contributed by atoms with E-state index < -0.39 is 10.8 Å². The van der Waals surface area contributed by atoms with Gasteiger partial charge in [-0.2, -0.15) is 0 Å². The predicted octanol–water partition coefficient (Wildman–Crippen LogP) is 4.23. The van der Waals surface area contributed by atoms with Gasteiger partial charge in [0, 0.05) is 6.07 Å². The van der Waals surface area contributed by atoms with Crippen LogP contribution in [0.5, 0.6) is 5.75 Å². The molecule has 0 aliphatic heterocycles. The van der Waals surface area contributed by atoms with Crippen molar-refractivity contribution in [2.45, 2.75) is 6.92 Å². The third kappa shape index (κ3) is 4.58. The van der Waals surface area contributed by atoms with E-state index in [-0.39, 0.29) is 28.0 Å². The van der Waals surface area contributed by atoms with Gasteiger partial charge in [0.15, 0.2) is 6.61 Å². The van der Waals surface area contributed by atoms with Gasteiger partial charge in [-0.15, -0.1) is 0 Å². The van der Waals surface area contributed by atoms with Crippen LogP contribution in [0.15, 0.2) is 36.4 Å². The third-order valence-corrected chi connectivity index (χ3v) is 3.48. The molecular weight excluding hydrogens is 343 g/mol. The number of nitro groups is 1. The second-order valence-corrected chi connectivity index (χ2v) is 5.51. The standard InChI is InChI=1S/C15H12Cl2N2O4/c1-9-3-2-4-10(5-9)23-8-15(20)18-13-6-12(17)14(19(21)22)7-11(13)16/h2-7H,8H2,1H3,(H,18,20). The number of ether oxygens (including phenoxy) is 1. The number of nitro benzene ring substituents is 1. The van der Waals surface area contributed by atoms with Crippen molar-refractivity contribution in [1.29, 1.82) is 0 Å². The number of anilines is 1. The van der Waals surface area contributed by atoms with Crippen LogP contribution in [0, 0.1) is 17.0 Å². The monoisotopic (exact) mass is 354 g/mol. The van der Waals surface area contributed by atoms with E-state index in [4.69, 9.17) is 27.9 Å². The quantitative estimate of drug-likeness (QED) is 0.643. The smallest absolute Gasteiger partial charge is 0.289 e. The minimum Gasteiger partial charge on any atom is -0.484 e. The van der Waals surface area contributed by atoms with Crippen molar-refractivity contribution in [3.8, 4) is 5.75 Å². The number of amides is 1. The van der Waals surface area contributed by atoms with Gasteiger partial charge in [0.25, 0.3) is 11.6 Å². The Kier molecular flexibility index (Phi) is 5.41. The Hall–Kier alpha value is -2.31. The summed E-state index contributed by atoms with van der Waals surface area (Å²) in [4.78, 5) is 22.0. The number of nitrogens with zero attached hydrogens (tertiary/aromatic N) is 1. The van der Waals surface area contributed by atoms with Gasteiger partial charge in [-0.05, 0) is 30.7 Å². The highest BCUT2D eigenvalue weighted by molar-refractivity contribution is 6.37. The zero-order valence-electron chi connectivity index (χ0n) is 12.0. The summed E-state index contributed by atoms with van der Waals surface area (Å²) in [5, 5.41) is 13.2. The molecule has 0 spiro atoms. The first-order valence-electron chi connectivity index (χ1n) is 6.49. The zero-order valence-corrected chi connectivity index (χ0v) is 13.5. The fourth-order valence-corrected chi connectivity index (χ4v) is 2.25. The maximum absolute atomic E-state index is 11.9. The number of aryl methyl sites for hydroxylation is 1. The lowest BCUT2D eigenvalue weighted by atomic mass is 10.2. The predicted molar refractivity (Wildman–Crippen MR) is 88.4 cm³/mol. The number of rotatable bonds is 5. The number of nitrogens with one attached hydrogen (secondary N) is 1. The molecule has 1 N–H and O–H groups in total. The molecule has 0 saturated heterocycles. The zero-order chi connectivity index (χ0) is 17.0. The van der Waals surface area contributed by atoms with E-state index >= 15 is 0 Å². The summed E-state index contributed by atoms with van der Waals surface area (Å²) in [5.74, 6) is 0.103. The van der Waals surface area contributed by atoms with E-state index in [2.05, 4.69) is 5.32 Å². The Balaban J connectivity index is 2.03. The van der Waals surface area contributed by atoms with Crippen LogP contribution in [0.25, 0.3) is 0 Å². The van der Waals surface area contributed by atoms with E-state index in [9.17, 15) is 14.9 Å². The average molecular weight is 355 g/mol. The van der Waals surface area contributed by atoms with Crippen LogP contribution in [0.2, 0.25) is 10.0 Å². The lowest BCUT2D eigenvalue weighted by Crippen LogP contribution is -2.20. The van der Waals surface area contributed by atoms with Crippen molar-refractivity contribution in [1.82, 2.24) is 0 Å². The number of carbonyl (C=O) groups is 1. The second-order valence-electron chi connectivity index (χ2n) is 4.69. The molecule has 8 heteroatoms. The molecule has 120 valence electrons. The number of halogens is 2. The molecular formula is C15H12Cl2N2O4. The van der Waals surface area contributed by atoms with Crippen LogP contribution in [-0.4, -0.2) is 17.4 Å². The topological polar surface area (TPSA) is 81.5 Å². The summed E-state index contributed by atoms with van der Waals surface area (Å²) in [6.45, 7) is 1.68. The number of carbonyl (C=O) groups excluding carboxylic acids is 1. The van der Waals surface area contributed by atoms with Gasteiger partial charge in [0.2, 0.25) is 0 Å². The van der Waals surface area contributed by atoms with Crippen molar-refractivity contribution in [2.24, 2.45) is 0 Å². The Labute approximate surface area is 142 Å². The molecule has 2 aromatic carbocycles.